The van der Waals surface area contributed by atoms with Crippen LogP contribution >= 0.6 is 0 Å². The van der Waals surface area contributed by atoms with E-state index in [0.717, 1.165) is 17.1 Å². The number of benzene rings is 2. The topological polar surface area (TPSA) is 77.9 Å². The molecule has 1 aliphatic rings. The first-order valence-electron chi connectivity index (χ1n) is 9.51. The van der Waals surface area contributed by atoms with Crippen LogP contribution in [-0.2, 0) is 10.0 Å². The highest BCUT2D eigenvalue weighted by molar-refractivity contribution is 7.92. The van der Waals surface area contributed by atoms with Crippen LogP contribution in [0.15, 0.2) is 53.4 Å². The summed E-state index contributed by atoms with van der Waals surface area (Å²) in [5.41, 5.74) is 0.546. The van der Waals surface area contributed by atoms with E-state index in [2.05, 4.69) is 0 Å². The number of likely N-dealkylation sites (N-methyl/N-ethyl adjacent to an activating group) is 1. The predicted molar refractivity (Wildman–Crippen MR) is 109 cm³/mol. The fourth-order valence-electron chi connectivity index (χ4n) is 3.64. The zero-order valence-electron chi connectivity index (χ0n) is 16.5. The molecule has 6 nitrogen and oxygen atoms in total. The van der Waals surface area contributed by atoms with Gasteiger partial charge in [0.1, 0.15) is 5.82 Å². The fourth-order valence-corrected chi connectivity index (χ4v) is 4.88. The van der Waals surface area contributed by atoms with Crippen LogP contribution in [-0.4, -0.2) is 50.6 Å². The van der Waals surface area contributed by atoms with Crippen LogP contribution < -0.4 is 4.31 Å². The van der Waals surface area contributed by atoms with E-state index in [0.29, 0.717) is 18.5 Å². The van der Waals surface area contributed by atoms with E-state index in [1.807, 2.05) is 0 Å². The van der Waals surface area contributed by atoms with Crippen LogP contribution in [0.2, 0.25) is 0 Å². The maximum Gasteiger partial charge on any atom is 0.264 e. The summed E-state index contributed by atoms with van der Waals surface area (Å²) in [6.45, 7) is 0. The lowest BCUT2D eigenvalue weighted by Crippen LogP contribution is -2.46. The Balaban J connectivity index is 1.86. The molecule has 29 heavy (non-hydrogen) atoms. The maximum absolute atomic E-state index is 13.1. The van der Waals surface area contributed by atoms with E-state index < -0.39 is 21.9 Å². The van der Waals surface area contributed by atoms with Crippen LogP contribution in [0.1, 0.15) is 36.0 Å². The van der Waals surface area contributed by atoms with Gasteiger partial charge in [-0.2, -0.15) is 0 Å². The molecule has 0 aliphatic heterocycles. The minimum Gasteiger partial charge on any atom is -0.391 e. The second kappa shape index (κ2) is 8.51. The zero-order valence-corrected chi connectivity index (χ0v) is 17.3. The molecular weight excluding hydrogens is 395 g/mol. The van der Waals surface area contributed by atoms with Crippen molar-refractivity contribution in [1.29, 1.82) is 0 Å². The van der Waals surface area contributed by atoms with Crippen molar-refractivity contribution in [3.05, 3.63) is 59.9 Å². The fraction of sp³-hybridized carbons (Fsp3) is 0.381. The lowest BCUT2D eigenvalue weighted by Gasteiger charge is -2.35. The van der Waals surface area contributed by atoms with Crippen molar-refractivity contribution in [3.8, 4) is 0 Å². The second-order valence-corrected chi connectivity index (χ2v) is 9.28. The number of sulfonamides is 1. The van der Waals surface area contributed by atoms with Crippen LogP contribution in [0.25, 0.3) is 0 Å². The lowest BCUT2D eigenvalue weighted by atomic mass is 9.91. The van der Waals surface area contributed by atoms with Crippen LogP contribution in [0.5, 0.6) is 0 Å². The van der Waals surface area contributed by atoms with E-state index in [1.165, 1.54) is 54.4 Å². The molecule has 1 saturated carbocycles. The van der Waals surface area contributed by atoms with Gasteiger partial charge in [-0.05, 0) is 55.3 Å². The zero-order chi connectivity index (χ0) is 21.2. The number of carbonyl (C=O) groups is 1. The van der Waals surface area contributed by atoms with Crippen molar-refractivity contribution < 1.29 is 22.7 Å². The van der Waals surface area contributed by atoms with E-state index in [1.54, 1.807) is 13.1 Å². The number of halogens is 1. The van der Waals surface area contributed by atoms with Crippen LogP contribution in [0.3, 0.4) is 0 Å². The molecule has 2 aromatic rings. The number of aliphatic hydroxyl groups is 1. The van der Waals surface area contributed by atoms with Gasteiger partial charge in [-0.15, -0.1) is 0 Å². The molecule has 0 radical (unpaired) electrons. The normalized spacial score (nSPS) is 19.6. The van der Waals surface area contributed by atoms with Crippen molar-refractivity contribution >= 4 is 21.6 Å². The van der Waals surface area contributed by atoms with Crippen LogP contribution in [0, 0.1) is 5.82 Å². The van der Waals surface area contributed by atoms with Gasteiger partial charge in [0.05, 0.1) is 22.7 Å². The number of aliphatic hydroxyl groups excluding tert-OH is 1. The largest absolute Gasteiger partial charge is 0.391 e. The first-order valence-corrected chi connectivity index (χ1v) is 11.0. The predicted octanol–water partition coefficient (Wildman–Crippen LogP) is 3.03. The number of hydrogen-bond acceptors (Lipinski definition) is 4. The average Bonchev–Trinajstić information content (AvgIpc) is 2.73. The minimum atomic E-state index is -3.93. The number of hydrogen-bond donors (Lipinski definition) is 1. The van der Waals surface area contributed by atoms with Gasteiger partial charge in [-0.25, -0.2) is 12.8 Å². The Bertz CT molecular complexity index is 978. The molecule has 1 aliphatic carbocycles. The standard InChI is InChI=1S/C21H25FN2O4S/c1-23(19-8-3-4-9-20(19)25)21(26)15-6-5-7-18(14-15)29(27,28)24(2)17-12-10-16(22)11-13-17/h5-7,10-14,19-20,25H,3-4,8-9H2,1-2H3/t19-,20-/m1/s1. The Morgan fingerprint density at radius 1 is 1.07 bits per heavy atom. The van der Waals surface area contributed by atoms with E-state index in [4.69, 9.17) is 0 Å². The molecule has 1 amide bonds. The van der Waals surface area contributed by atoms with Gasteiger partial charge in [0.2, 0.25) is 0 Å². The number of carbonyl (C=O) groups excluding carboxylic acids is 1. The van der Waals surface area contributed by atoms with Crippen molar-refractivity contribution in [3.63, 3.8) is 0 Å². The summed E-state index contributed by atoms with van der Waals surface area (Å²) in [6.07, 6.45) is 2.67. The Labute approximate surface area is 170 Å². The average molecular weight is 421 g/mol. The molecule has 0 bridgehead atoms. The number of rotatable bonds is 5. The molecule has 156 valence electrons. The van der Waals surface area contributed by atoms with Crippen molar-refractivity contribution in [2.75, 3.05) is 18.4 Å². The van der Waals surface area contributed by atoms with Gasteiger partial charge in [0, 0.05) is 19.7 Å². The molecule has 2 aromatic carbocycles. The molecule has 3 rings (SSSR count). The van der Waals surface area contributed by atoms with Crippen molar-refractivity contribution in [1.82, 2.24) is 4.90 Å². The van der Waals surface area contributed by atoms with Crippen LogP contribution in [0.4, 0.5) is 10.1 Å². The monoisotopic (exact) mass is 420 g/mol. The highest BCUT2D eigenvalue weighted by Gasteiger charge is 2.30. The molecule has 0 spiro atoms. The van der Waals surface area contributed by atoms with Gasteiger partial charge in [-0.1, -0.05) is 18.9 Å². The molecule has 0 heterocycles. The molecule has 2 atom stereocenters. The number of anilines is 1. The second-order valence-electron chi connectivity index (χ2n) is 7.31. The summed E-state index contributed by atoms with van der Waals surface area (Å²) in [7, 11) is -0.923. The van der Waals surface area contributed by atoms with Gasteiger partial charge in [0.15, 0.2) is 0 Å². The summed E-state index contributed by atoms with van der Waals surface area (Å²) in [6, 6.07) is 10.7. The summed E-state index contributed by atoms with van der Waals surface area (Å²) < 4.78 is 40.2. The Hall–Kier alpha value is -2.45. The highest BCUT2D eigenvalue weighted by atomic mass is 32.2. The smallest absolute Gasteiger partial charge is 0.264 e. The Morgan fingerprint density at radius 3 is 2.38 bits per heavy atom. The number of amides is 1. The first-order chi connectivity index (χ1) is 13.7. The first kappa shape index (κ1) is 21.3. The molecular formula is C21H25FN2O4S. The summed E-state index contributed by atoms with van der Waals surface area (Å²) in [4.78, 5) is 14.4. The van der Waals surface area contributed by atoms with Gasteiger partial charge >= 0.3 is 0 Å². The molecule has 0 saturated heterocycles. The van der Waals surface area contributed by atoms with E-state index >= 15 is 0 Å². The summed E-state index contributed by atoms with van der Waals surface area (Å²) >= 11 is 0. The molecule has 8 heteroatoms. The molecule has 1 N–H and O–H groups in total. The third-order valence-electron chi connectivity index (χ3n) is 5.44. The lowest BCUT2D eigenvalue weighted by molar-refractivity contribution is 0.0268. The molecule has 1 fully saturated rings. The minimum absolute atomic E-state index is 0.0345. The highest BCUT2D eigenvalue weighted by Crippen LogP contribution is 2.26. The van der Waals surface area contributed by atoms with Crippen molar-refractivity contribution in [2.24, 2.45) is 0 Å². The van der Waals surface area contributed by atoms with Crippen molar-refractivity contribution in [2.45, 2.75) is 42.7 Å². The molecule has 0 unspecified atom stereocenters. The quantitative estimate of drug-likeness (QED) is 0.807. The third kappa shape index (κ3) is 4.43. The third-order valence-corrected chi connectivity index (χ3v) is 7.22. The summed E-state index contributed by atoms with van der Waals surface area (Å²) in [5, 5.41) is 10.2. The van der Waals surface area contributed by atoms with E-state index in [-0.39, 0.29) is 22.4 Å². The molecule has 0 aromatic heterocycles. The Morgan fingerprint density at radius 2 is 1.72 bits per heavy atom. The van der Waals surface area contributed by atoms with Gasteiger partial charge < -0.3 is 10.0 Å². The van der Waals surface area contributed by atoms with Gasteiger partial charge in [0.25, 0.3) is 15.9 Å². The van der Waals surface area contributed by atoms with Gasteiger partial charge in [-0.3, -0.25) is 9.10 Å². The Kier molecular flexibility index (Phi) is 6.24. The SMILES string of the molecule is CN(C(=O)c1cccc(S(=O)(=O)N(C)c2ccc(F)cc2)c1)[C@@H]1CCCC[C@H]1O. The summed E-state index contributed by atoms with van der Waals surface area (Å²) in [5.74, 6) is -0.794. The maximum atomic E-state index is 13.1. The van der Waals surface area contributed by atoms with E-state index in [9.17, 15) is 22.7 Å². The number of nitrogens with zero attached hydrogens (tertiary/aromatic N) is 2.